The lowest BCUT2D eigenvalue weighted by Crippen LogP contribution is -2.48. The SMILES string of the molecule is CCC(C)(C)OCCO[Si](C(C)C)(C(C)C)C(C)C. The van der Waals surface area contributed by atoms with Crippen molar-refractivity contribution in [2.45, 2.75) is 91.0 Å². The molecule has 0 unspecified atom stereocenters. The average molecular weight is 289 g/mol. The normalized spacial score (nSPS) is 13.9. The van der Waals surface area contributed by atoms with Crippen molar-refractivity contribution >= 4 is 8.32 Å². The Morgan fingerprint density at radius 3 is 1.58 bits per heavy atom. The second-order valence-corrected chi connectivity index (χ2v) is 12.6. The number of hydrogen-bond acceptors (Lipinski definition) is 2. The van der Waals surface area contributed by atoms with E-state index in [1.165, 1.54) is 0 Å². The summed E-state index contributed by atoms with van der Waals surface area (Å²) in [6.45, 7) is 21.8. The third-order valence-corrected chi connectivity index (χ3v) is 10.6. The zero-order valence-corrected chi connectivity index (χ0v) is 15.7. The lowest BCUT2D eigenvalue weighted by Gasteiger charge is -2.42. The third-order valence-electron chi connectivity index (χ3n) is 4.49. The van der Waals surface area contributed by atoms with Crippen molar-refractivity contribution in [2.24, 2.45) is 0 Å². The molecule has 0 aromatic heterocycles. The minimum absolute atomic E-state index is 0.0267. The van der Waals surface area contributed by atoms with E-state index in [-0.39, 0.29) is 5.60 Å². The van der Waals surface area contributed by atoms with Gasteiger partial charge in [-0.05, 0) is 36.9 Å². The highest BCUT2D eigenvalue weighted by Gasteiger charge is 2.44. The van der Waals surface area contributed by atoms with Crippen LogP contribution in [0.4, 0.5) is 0 Å². The molecule has 116 valence electrons. The van der Waals surface area contributed by atoms with Gasteiger partial charge in [-0.1, -0.05) is 48.5 Å². The monoisotopic (exact) mass is 288 g/mol. The summed E-state index contributed by atoms with van der Waals surface area (Å²) < 4.78 is 12.4. The Morgan fingerprint density at radius 2 is 1.26 bits per heavy atom. The van der Waals surface area contributed by atoms with Crippen molar-refractivity contribution in [3.8, 4) is 0 Å². The second kappa shape index (κ2) is 7.80. The molecule has 0 rings (SSSR count). The molecule has 0 saturated carbocycles. The van der Waals surface area contributed by atoms with Crippen LogP contribution in [0.3, 0.4) is 0 Å². The minimum Gasteiger partial charge on any atom is -0.414 e. The van der Waals surface area contributed by atoms with Gasteiger partial charge in [0, 0.05) is 0 Å². The molecule has 0 aromatic carbocycles. The summed E-state index contributed by atoms with van der Waals surface area (Å²) in [5, 5.41) is 0. The Bertz CT molecular complexity index is 225. The molecule has 0 spiro atoms. The minimum atomic E-state index is -1.71. The van der Waals surface area contributed by atoms with Crippen LogP contribution in [0.5, 0.6) is 0 Å². The first-order valence-electron chi connectivity index (χ1n) is 7.88. The van der Waals surface area contributed by atoms with Gasteiger partial charge >= 0.3 is 0 Å². The van der Waals surface area contributed by atoms with Crippen LogP contribution in [-0.2, 0) is 9.16 Å². The fraction of sp³-hybridized carbons (Fsp3) is 1.00. The van der Waals surface area contributed by atoms with Gasteiger partial charge in [0.05, 0.1) is 18.8 Å². The summed E-state index contributed by atoms with van der Waals surface area (Å²) in [5.74, 6) is 0. The maximum Gasteiger partial charge on any atom is 0.200 e. The van der Waals surface area contributed by atoms with Crippen LogP contribution in [0.2, 0.25) is 16.6 Å². The van der Waals surface area contributed by atoms with E-state index < -0.39 is 8.32 Å². The van der Waals surface area contributed by atoms with E-state index in [2.05, 4.69) is 62.3 Å². The van der Waals surface area contributed by atoms with Gasteiger partial charge in [-0.2, -0.15) is 0 Å². The molecule has 0 heterocycles. The fourth-order valence-corrected chi connectivity index (χ4v) is 8.58. The van der Waals surface area contributed by atoms with Crippen LogP contribution in [0.25, 0.3) is 0 Å². The Kier molecular flexibility index (Phi) is 7.85. The Balaban J connectivity index is 4.53. The number of ether oxygens (including phenoxy) is 1. The molecule has 0 fully saturated rings. The van der Waals surface area contributed by atoms with Crippen LogP contribution in [-0.4, -0.2) is 27.1 Å². The van der Waals surface area contributed by atoms with E-state index in [0.29, 0.717) is 23.2 Å². The van der Waals surface area contributed by atoms with Crippen molar-refractivity contribution in [1.29, 1.82) is 0 Å². The van der Waals surface area contributed by atoms with E-state index in [9.17, 15) is 0 Å². The maximum atomic E-state index is 6.47. The highest BCUT2D eigenvalue weighted by molar-refractivity contribution is 6.77. The molecular weight excluding hydrogens is 252 g/mol. The summed E-state index contributed by atoms with van der Waals surface area (Å²) in [6, 6.07) is 0. The summed E-state index contributed by atoms with van der Waals surface area (Å²) in [5.41, 5.74) is 1.91. The van der Waals surface area contributed by atoms with Crippen LogP contribution in [0, 0.1) is 0 Å². The van der Waals surface area contributed by atoms with Gasteiger partial charge in [0.15, 0.2) is 8.32 Å². The molecule has 0 aromatic rings. The topological polar surface area (TPSA) is 18.5 Å². The zero-order chi connectivity index (χ0) is 15.3. The zero-order valence-electron chi connectivity index (χ0n) is 14.7. The molecule has 0 bridgehead atoms. The maximum absolute atomic E-state index is 6.47. The average Bonchev–Trinajstić information content (AvgIpc) is 2.27. The van der Waals surface area contributed by atoms with Crippen molar-refractivity contribution < 1.29 is 9.16 Å². The molecule has 19 heavy (non-hydrogen) atoms. The Hall–Kier alpha value is 0.137. The van der Waals surface area contributed by atoms with Gasteiger partial charge in [-0.15, -0.1) is 0 Å². The van der Waals surface area contributed by atoms with Gasteiger partial charge in [0.1, 0.15) is 0 Å². The molecule has 3 heteroatoms. The quantitative estimate of drug-likeness (QED) is 0.418. The fourth-order valence-electron chi connectivity index (χ4n) is 3.14. The first-order chi connectivity index (χ1) is 8.60. The highest BCUT2D eigenvalue weighted by atomic mass is 28.4. The first-order valence-corrected chi connectivity index (χ1v) is 10.0. The van der Waals surface area contributed by atoms with Crippen molar-refractivity contribution in [3.05, 3.63) is 0 Å². The van der Waals surface area contributed by atoms with Crippen LogP contribution in [0.15, 0.2) is 0 Å². The highest BCUT2D eigenvalue weighted by Crippen LogP contribution is 2.42. The van der Waals surface area contributed by atoms with Crippen molar-refractivity contribution in [2.75, 3.05) is 13.2 Å². The summed E-state index contributed by atoms with van der Waals surface area (Å²) in [4.78, 5) is 0. The predicted octanol–water partition coefficient (Wildman–Crippen LogP) is 5.38. The van der Waals surface area contributed by atoms with Gasteiger partial charge in [-0.25, -0.2) is 0 Å². The third kappa shape index (κ3) is 5.20. The van der Waals surface area contributed by atoms with Crippen LogP contribution >= 0.6 is 0 Å². The van der Waals surface area contributed by atoms with Crippen LogP contribution < -0.4 is 0 Å². The van der Waals surface area contributed by atoms with Gasteiger partial charge in [0.25, 0.3) is 0 Å². The molecule has 0 aliphatic heterocycles. The number of rotatable bonds is 9. The Morgan fingerprint density at radius 1 is 0.842 bits per heavy atom. The van der Waals surface area contributed by atoms with E-state index in [0.717, 1.165) is 13.0 Å². The first kappa shape index (κ1) is 19.1. The summed E-state index contributed by atoms with van der Waals surface area (Å²) in [6.07, 6.45) is 1.04. The van der Waals surface area contributed by atoms with Gasteiger partial charge < -0.3 is 9.16 Å². The lowest BCUT2D eigenvalue weighted by molar-refractivity contribution is -0.0336. The summed E-state index contributed by atoms with van der Waals surface area (Å²) in [7, 11) is -1.71. The molecule has 0 atom stereocenters. The van der Waals surface area contributed by atoms with Crippen molar-refractivity contribution in [1.82, 2.24) is 0 Å². The lowest BCUT2D eigenvalue weighted by atomic mass is 10.1. The van der Waals surface area contributed by atoms with Gasteiger partial charge in [-0.3, -0.25) is 0 Å². The molecule has 0 aliphatic rings. The molecule has 0 amide bonds. The largest absolute Gasteiger partial charge is 0.414 e. The molecule has 0 N–H and O–H groups in total. The van der Waals surface area contributed by atoms with E-state index >= 15 is 0 Å². The molecular formula is C16H36O2Si. The standard InChI is InChI=1S/C16H36O2Si/c1-10-16(8,9)17-11-12-18-19(13(2)3,14(4)5)15(6)7/h13-15H,10-12H2,1-9H3. The van der Waals surface area contributed by atoms with Crippen LogP contribution in [0.1, 0.15) is 68.7 Å². The van der Waals surface area contributed by atoms with Crippen molar-refractivity contribution in [3.63, 3.8) is 0 Å². The van der Waals surface area contributed by atoms with Gasteiger partial charge in [0.2, 0.25) is 0 Å². The van der Waals surface area contributed by atoms with E-state index in [4.69, 9.17) is 9.16 Å². The molecule has 0 radical (unpaired) electrons. The molecule has 2 nitrogen and oxygen atoms in total. The Labute approximate surface area is 122 Å². The van der Waals surface area contributed by atoms with E-state index in [1.807, 2.05) is 0 Å². The van der Waals surface area contributed by atoms with E-state index in [1.54, 1.807) is 0 Å². The predicted molar refractivity (Wildman–Crippen MR) is 87.3 cm³/mol. The second-order valence-electron chi connectivity index (χ2n) is 7.13. The molecule has 0 aliphatic carbocycles. The smallest absolute Gasteiger partial charge is 0.200 e. The number of hydrogen-bond donors (Lipinski definition) is 0. The summed E-state index contributed by atoms with van der Waals surface area (Å²) >= 11 is 0. The molecule has 0 saturated heterocycles.